The van der Waals surface area contributed by atoms with Crippen LogP contribution < -0.4 is 0 Å². The van der Waals surface area contributed by atoms with Crippen molar-refractivity contribution in [3.63, 3.8) is 0 Å². The van der Waals surface area contributed by atoms with Gasteiger partial charge in [-0.15, -0.1) is 0 Å². The fourth-order valence-electron chi connectivity index (χ4n) is 4.69. The van der Waals surface area contributed by atoms with Gasteiger partial charge in [0.25, 0.3) is 0 Å². The maximum atomic E-state index is 12.7. The first-order valence-electron chi connectivity index (χ1n) is 10.9. The van der Waals surface area contributed by atoms with Gasteiger partial charge in [-0.1, -0.05) is 30.3 Å². The second kappa shape index (κ2) is 8.21. The Kier molecular flexibility index (Phi) is 5.63. The van der Waals surface area contributed by atoms with Gasteiger partial charge in [-0.05, 0) is 56.9 Å². The molecular formula is C25H30N2O3. The van der Waals surface area contributed by atoms with E-state index in [1.807, 2.05) is 31.7 Å². The van der Waals surface area contributed by atoms with Crippen molar-refractivity contribution < 1.29 is 14.3 Å². The van der Waals surface area contributed by atoms with E-state index in [-0.39, 0.29) is 24.2 Å². The smallest absolute Gasteiger partial charge is 0.310 e. The number of hydrogen-bond acceptors (Lipinski definition) is 4. The molecule has 1 atom stereocenters. The summed E-state index contributed by atoms with van der Waals surface area (Å²) in [6.07, 6.45) is 2.67. The molecule has 0 saturated carbocycles. The Morgan fingerprint density at radius 3 is 2.47 bits per heavy atom. The summed E-state index contributed by atoms with van der Waals surface area (Å²) in [6, 6.07) is 14.7. The number of rotatable bonds is 4. The summed E-state index contributed by atoms with van der Waals surface area (Å²) in [6.45, 7) is 7.27. The Hall–Kier alpha value is -2.69. The van der Waals surface area contributed by atoms with E-state index in [9.17, 15) is 9.59 Å². The highest BCUT2D eigenvalue weighted by molar-refractivity contribution is 5.84. The van der Waals surface area contributed by atoms with E-state index in [0.717, 1.165) is 24.2 Å². The van der Waals surface area contributed by atoms with E-state index in [2.05, 4.69) is 36.4 Å². The molecule has 3 heterocycles. The molecule has 5 heteroatoms. The lowest BCUT2D eigenvalue weighted by Gasteiger charge is -2.32. The number of aryl methyl sites for hydroxylation is 1. The summed E-state index contributed by atoms with van der Waals surface area (Å²) in [5.74, 6) is -0.125. The predicted molar refractivity (Wildman–Crippen MR) is 116 cm³/mol. The van der Waals surface area contributed by atoms with Gasteiger partial charge < -0.3 is 9.64 Å². The number of ether oxygens (including phenoxy) is 1. The number of nitrogens with zero attached hydrogens (tertiary/aromatic N) is 2. The second-order valence-electron chi connectivity index (χ2n) is 9.23. The van der Waals surface area contributed by atoms with Gasteiger partial charge >= 0.3 is 5.97 Å². The number of aromatic nitrogens is 1. The van der Waals surface area contributed by atoms with Gasteiger partial charge in [-0.25, -0.2) is 0 Å². The number of esters is 1. The third-order valence-electron chi connectivity index (χ3n) is 6.22. The third-order valence-corrected chi connectivity index (χ3v) is 6.22. The van der Waals surface area contributed by atoms with Gasteiger partial charge in [0.05, 0.1) is 5.92 Å². The van der Waals surface area contributed by atoms with Crippen LogP contribution in [0.1, 0.15) is 56.8 Å². The Morgan fingerprint density at radius 2 is 1.83 bits per heavy atom. The van der Waals surface area contributed by atoms with Crippen LogP contribution in [0.25, 0.3) is 11.1 Å². The number of carbonyl (C=O) groups excluding carboxylic acids is 2. The SMILES string of the molecule is Cc1cc(-c2ccccc2)cc(C2CCN(C(=O)C[C@@H]3CC(C)(C)OC3=O)CC2)n1. The molecule has 2 aliphatic rings. The van der Waals surface area contributed by atoms with E-state index in [4.69, 9.17) is 9.72 Å². The van der Waals surface area contributed by atoms with E-state index in [1.165, 1.54) is 11.1 Å². The van der Waals surface area contributed by atoms with Gasteiger partial charge in [-0.2, -0.15) is 0 Å². The summed E-state index contributed by atoms with van der Waals surface area (Å²) in [7, 11) is 0. The molecule has 0 aliphatic carbocycles. The zero-order valence-corrected chi connectivity index (χ0v) is 18.1. The minimum absolute atomic E-state index is 0.0651. The summed E-state index contributed by atoms with van der Waals surface area (Å²) in [5, 5.41) is 0. The third kappa shape index (κ3) is 4.55. The van der Waals surface area contributed by atoms with Crippen molar-refractivity contribution in [1.82, 2.24) is 9.88 Å². The number of amides is 1. The van der Waals surface area contributed by atoms with E-state index in [1.54, 1.807) is 0 Å². The van der Waals surface area contributed by atoms with Crippen LogP contribution in [0.15, 0.2) is 42.5 Å². The number of cyclic esters (lactones) is 1. The van der Waals surface area contributed by atoms with Crippen molar-refractivity contribution in [3.05, 3.63) is 53.9 Å². The lowest BCUT2D eigenvalue weighted by molar-refractivity contribution is -0.150. The second-order valence-corrected chi connectivity index (χ2v) is 9.23. The Balaban J connectivity index is 1.38. The molecule has 1 aromatic heterocycles. The average molecular weight is 407 g/mol. The average Bonchev–Trinajstić information content (AvgIpc) is 2.99. The highest BCUT2D eigenvalue weighted by Gasteiger charge is 2.41. The molecule has 2 fully saturated rings. The summed E-state index contributed by atoms with van der Waals surface area (Å²) in [4.78, 5) is 31.5. The van der Waals surface area contributed by atoms with Crippen LogP contribution >= 0.6 is 0 Å². The topological polar surface area (TPSA) is 59.5 Å². The fourth-order valence-corrected chi connectivity index (χ4v) is 4.69. The molecule has 158 valence electrons. The molecule has 1 aromatic carbocycles. The van der Waals surface area contributed by atoms with Gasteiger partial charge in [0.15, 0.2) is 0 Å². The van der Waals surface area contributed by atoms with Gasteiger partial charge in [0.1, 0.15) is 5.60 Å². The first-order valence-corrected chi connectivity index (χ1v) is 10.9. The molecule has 30 heavy (non-hydrogen) atoms. The van der Waals surface area contributed by atoms with Crippen molar-refractivity contribution in [3.8, 4) is 11.1 Å². The van der Waals surface area contributed by atoms with Gasteiger partial charge in [0, 0.05) is 43.2 Å². The molecule has 0 radical (unpaired) electrons. The number of carbonyl (C=O) groups is 2. The van der Waals surface area contributed by atoms with Crippen LogP contribution in [0.2, 0.25) is 0 Å². The zero-order chi connectivity index (χ0) is 21.3. The minimum atomic E-state index is -0.456. The molecule has 0 unspecified atom stereocenters. The predicted octanol–water partition coefficient (Wildman–Crippen LogP) is 4.49. The van der Waals surface area contributed by atoms with Crippen LogP contribution in [-0.4, -0.2) is 40.5 Å². The number of benzene rings is 1. The van der Waals surface area contributed by atoms with Crippen LogP contribution in [-0.2, 0) is 14.3 Å². The van der Waals surface area contributed by atoms with Crippen molar-refractivity contribution in [2.24, 2.45) is 5.92 Å². The van der Waals surface area contributed by atoms with Crippen LogP contribution in [0.4, 0.5) is 0 Å². The molecule has 2 saturated heterocycles. The lowest BCUT2D eigenvalue weighted by Crippen LogP contribution is -2.39. The van der Waals surface area contributed by atoms with Crippen molar-refractivity contribution in [2.75, 3.05) is 13.1 Å². The molecule has 0 N–H and O–H groups in total. The molecule has 2 aromatic rings. The molecule has 1 amide bonds. The molecule has 0 spiro atoms. The van der Waals surface area contributed by atoms with Crippen LogP contribution in [0, 0.1) is 12.8 Å². The first kappa shape index (κ1) is 20.6. The van der Waals surface area contributed by atoms with Crippen LogP contribution in [0.3, 0.4) is 0 Å². The molecule has 4 rings (SSSR count). The number of hydrogen-bond donors (Lipinski definition) is 0. The number of piperidine rings is 1. The standard InChI is InChI=1S/C25H30N2O3/c1-17-13-20(18-7-5-4-6-8-18)14-22(26-17)19-9-11-27(12-10-19)23(28)15-21-16-25(2,3)30-24(21)29/h4-8,13-14,19,21H,9-12,15-16H2,1-3H3/t21-/m1/s1. The fraction of sp³-hybridized carbons (Fsp3) is 0.480. The van der Waals surface area contributed by atoms with E-state index >= 15 is 0 Å². The minimum Gasteiger partial charge on any atom is -0.459 e. The van der Waals surface area contributed by atoms with E-state index in [0.29, 0.717) is 25.4 Å². The molecule has 5 nitrogen and oxygen atoms in total. The lowest BCUT2D eigenvalue weighted by atomic mass is 9.90. The number of pyridine rings is 1. The Bertz CT molecular complexity index is 931. The molecule has 2 aliphatic heterocycles. The summed E-state index contributed by atoms with van der Waals surface area (Å²) in [5.41, 5.74) is 4.07. The summed E-state index contributed by atoms with van der Waals surface area (Å²) >= 11 is 0. The maximum Gasteiger partial charge on any atom is 0.310 e. The molecule has 0 bridgehead atoms. The highest BCUT2D eigenvalue weighted by atomic mass is 16.6. The van der Waals surface area contributed by atoms with Crippen LogP contribution in [0.5, 0.6) is 0 Å². The Morgan fingerprint density at radius 1 is 1.13 bits per heavy atom. The quantitative estimate of drug-likeness (QED) is 0.702. The van der Waals surface area contributed by atoms with Crippen molar-refractivity contribution >= 4 is 11.9 Å². The zero-order valence-electron chi connectivity index (χ0n) is 18.1. The monoisotopic (exact) mass is 406 g/mol. The Labute approximate surface area is 178 Å². The molecular weight excluding hydrogens is 376 g/mol. The van der Waals surface area contributed by atoms with Crippen molar-refractivity contribution in [1.29, 1.82) is 0 Å². The summed E-state index contributed by atoms with van der Waals surface area (Å²) < 4.78 is 5.37. The normalized spacial score (nSPS) is 21.5. The maximum absolute atomic E-state index is 12.7. The van der Waals surface area contributed by atoms with Crippen molar-refractivity contribution in [2.45, 2.75) is 58.0 Å². The van der Waals surface area contributed by atoms with Gasteiger partial charge in [0.2, 0.25) is 5.91 Å². The van der Waals surface area contributed by atoms with E-state index < -0.39 is 5.60 Å². The number of likely N-dealkylation sites (tertiary alicyclic amines) is 1. The first-order chi connectivity index (χ1) is 14.3. The van der Waals surface area contributed by atoms with Gasteiger partial charge in [-0.3, -0.25) is 14.6 Å². The highest BCUT2D eigenvalue weighted by Crippen LogP contribution is 2.34. The largest absolute Gasteiger partial charge is 0.459 e.